The fraction of sp³-hybridized carbons (Fsp3) is 0.438. The third-order valence-corrected chi connectivity index (χ3v) is 4.00. The van der Waals surface area contributed by atoms with Gasteiger partial charge in [0.05, 0.1) is 19.8 Å². The predicted octanol–water partition coefficient (Wildman–Crippen LogP) is 1.38. The summed E-state index contributed by atoms with van der Waals surface area (Å²) in [7, 11) is 0. The van der Waals surface area contributed by atoms with Crippen LogP contribution in [0.4, 0.5) is 8.78 Å². The van der Waals surface area contributed by atoms with Crippen molar-refractivity contribution in [3.05, 3.63) is 53.9 Å². The number of morpholine rings is 1. The maximum Gasteiger partial charge on any atom is 0.132 e. The molecule has 124 valence electrons. The lowest BCUT2D eigenvalue weighted by Gasteiger charge is -2.36. The molecule has 0 saturated carbocycles. The third-order valence-electron chi connectivity index (χ3n) is 4.00. The second-order valence-electron chi connectivity index (χ2n) is 5.75. The van der Waals surface area contributed by atoms with Gasteiger partial charge in [0.1, 0.15) is 17.2 Å². The van der Waals surface area contributed by atoms with Gasteiger partial charge in [0.25, 0.3) is 0 Å². The lowest BCUT2D eigenvalue weighted by molar-refractivity contribution is -0.0484. The summed E-state index contributed by atoms with van der Waals surface area (Å²) in [5.41, 5.74) is -1.44. The van der Waals surface area contributed by atoms with Crippen molar-refractivity contribution in [3.8, 4) is 0 Å². The van der Waals surface area contributed by atoms with E-state index in [-0.39, 0.29) is 18.7 Å². The highest BCUT2D eigenvalue weighted by atomic mass is 19.1. The molecule has 5 nitrogen and oxygen atoms in total. The minimum Gasteiger partial charge on any atom is -0.382 e. The van der Waals surface area contributed by atoms with Gasteiger partial charge in [-0.05, 0) is 12.1 Å². The van der Waals surface area contributed by atoms with Gasteiger partial charge in [0.15, 0.2) is 0 Å². The molecule has 1 unspecified atom stereocenters. The van der Waals surface area contributed by atoms with Crippen molar-refractivity contribution in [1.82, 2.24) is 14.7 Å². The molecule has 0 spiro atoms. The first-order valence-corrected chi connectivity index (χ1v) is 7.52. The molecule has 0 aliphatic carbocycles. The highest BCUT2D eigenvalue weighted by Crippen LogP contribution is 2.28. The fourth-order valence-corrected chi connectivity index (χ4v) is 2.88. The Bertz CT molecular complexity index is 645. The number of ether oxygens (including phenoxy) is 1. The van der Waals surface area contributed by atoms with Crippen LogP contribution in [0.25, 0.3) is 0 Å². The minimum atomic E-state index is -1.51. The third kappa shape index (κ3) is 3.74. The van der Waals surface area contributed by atoms with Crippen molar-refractivity contribution >= 4 is 0 Å². The number of nitrogens with zero attached hydrogens (tertiary/aromatic N) is 3. The summed E-state index contributed by atoms with van der Waals surface area (Å²) >= 11 is 0. The number of aromatic nitrogens is 2. The first-order valence-electron chi connectivity index (χ1n) is 7.52. The number of β-amino-alcohol motifs (C(OH)–C–C–N with tert-alkyl or cyclic N) is 1. The van der Waals surface area contributed by atoms with Gasteiger partial charge in [-0.3, -0.25) is 9.58 Å². The van der Waals surface area contributed by atoms with E-state index >= 15 is 0 Å². The summed E-state index contributed by atoms with van der Waals surface area (Å²) in [6, 6.07) is 4.99. The van der Waals surface area contributed by atoms with Crippen molar-refractivity contribution in [2.75, 3.05) is 32.8 Å². The second-order valence-corrected chi connectivity index (χ2v) is 5.75. The van der Waals surface area contributed by atoms with E-state index in [1.54, 1.807) is 23.1 Å². The zero-order chi connectivity index (χ0) is 16.3. The zero-order valence-corrected chi connectivity index (χ0v) is 12.7. The van der Waals surface area contributed by atoms with E-state index in [0.717, 1.165) is 12.1 Å². The van der Waals surface area contributed by atoms with Gasteiger partial charge in [-0.2, -0.15) is 5.10 Å². The largest absolute Gasteiger partial charge is 0.382 e. The van der Waals surface area contributed by atoms with Crippen LogP contribution in [0.3, 0.4) is 0 Å². The van der Waals surface area contributed by atoms with Crippen molar-refractivity contribution in [3.63, 3.8) is 0 Å². The first kappa shape index (κ1) is 16.0. The van der Waals surface area contributed by atoms with Gasteiger partial charge >= 0.3 is 0 Å². The summed E-state index contributed by atoms with van der Waals surface area (Å²) in [6.07, 6.45) is 3.29. The molecule has 1 fully saturated rings. The Kier molecular flexibility index (Phi) is 4.70. The Morgan fingerprint density at radius 2 is 2.00 bits per heavy atom. The molecule has 23 heavy (non-hydrogen) atoms. The van der Waals surface area contributed by atoms with Crippen LogP contribution >= 0.6 is 0 Å². The molecular formula is C16H19F2N3O2. The molecule has 1 N–H and O–H groups in total. The number of benzene rings is 1. The Morgan fingerprint density at radius 1 is 1.22 bits per heavy atom. The SMILES string of the molecule is OC(CN1CCOCC1)(Cn1cccn1)c1ccc(F)cc1F. The number of hydrogen-bond acceptors (Lipinski definition) is 4. The minimum absolute atomic E-state index is 0.0703. The average molecular weight is 323 g/mol. The molecule has 1 saturated heterocycles. The average Bonchev–Trinajstić information content (AvgIpc) is 3.00. The topological polar surface area (TPSA) is 50.5 Å². The molecule has 1 aliphatic rings. The smallest absolute Gasteiger partial charge is 0.132 e. The summed E-state index contributed by atoms with van der Waals surface area (Å²) in [4.78, 5) is 2.01. The summed E-state index contributed by atoms with van der Waals surface area (Å²) < 4.78 is 34.3. The van der Waals surface area contributed by atoms with Crippen LogP contribution in [0.2, 0.25) is 0 Å². The van der Waals surface area contributed by atoms with Gasteiger partial charge in [-0.25, -0.2) is 8.78 Å². The number of hydrogen-bond donors (Lipinski definition) is 1. The highest BCUT2D eigenvalue weighted by molar-refractivity contribution is 5.25. The van der Waals surface area contributed by atoms with E-state index < -0.39 is 17.2 Å². The van der Waals surface area contributed by atoms with E-state index in [9.17, 15) is 13.9 Å². The molecule has 1 aromatic heterocycles. The predicted molar refractivity (Wildman–Crippen MR) is 79.7 cm³/mol. The molecule has 0 bridgehead atoms. The van der Waals surface area contributed by atoms with Crippen LogP contribution in [-0.2, 0) is 16.9 Å². The van der Waals surface area contributed by atoms with Crippen LogP contribution in [0.1, 0.15) is 5.56 Å². The molecule has 3 rings (SSSR count). The monoisotopic (exact) mass is 323 g/mol. The molecule has 1 atom stereocenters. The van der Waals surface area contributed by atoms with Crippen molar-refractivity contribution in [1.29, 1.82) is 0 Å². The van der Waals surface area contributed by atoms with Crippen LogP contribution in [-0.4, -0.2) is 52.6 Å². The van der Waals surface area contributed by atoms with Gasteiger partial charge in [-0.1, -0.05) is 6.07 Å². The molecule has 7 heteroatoms. The zero-order valence-electron chi connectivity index (χ0n) is 12.7. The maximum atomic E-state index is 14.3. The molecule has 2 heterocycles. The highest BCUT2D eigenvalue weighted by Gasteiger charge is 2.35. The number of rotatable bonds is 5. The van der Waals surface area contributed by atoms with Gasteiger partial charge < -0.3 is 9.84 Å². The Balaban J connectivity index is 1.90. The van der Waals surface area contributed by atoms with E-state index in [4.69, 9.17) is 4.74 Å². The number of aliphatic hydroxyl groups is 1. The standard InChI is InChI=1S/C16H19F2N3O2/c17-13-2-3-14(15(18)10-13)16(22,12-21-5-1-4-19-21)11-20-6-8-23-9-7-20/h1-5,10,22H,6-9,11-12H2. The summed E-state index contributed by atoms with van der Waals surface area (Å²) in [6.45, 7) is 2.76. The van der Waals surface area contributed by atoms with Crippen molar-refractivity contribution < 1.29 is 18.6 Å². The molecular weight excluding hydrogens is 304 g/mol. The van der Waals surface area contributed by atoms with E-state index in [1.807, 2.05) is 4.90 Å². The molecule has 1 aliphatic heterocycles. The quantitative estimate of drug-likeness (QED) is 0.903. The van der Waals surface area contributed by atoms with Crippen molar-refractivity contribution in [2.24, 2.45) is 0 Å². The summed E-state index contributed by atoms with van der Waals surface area (Å²) in [5, 5.41) is 15.3. The number of halogens is 2. The van der Waals surface area contributed by atoms with E-state index in [2.05, 4.69) is 5.10 Å². The Morgan fingerprint density at radius 3 is 2.65 bits per heavy atom. The van der Waals surface area contributed by atoms with Crippen LogP contribution in [0.5, 0.6) is 0 Å². The van der Waals surface area contributed by atoms with Gasteiger partial charge in [-0.15, -0.1) is 0 Å². The lowest BCUT2D eigenvalue weighted by Crippen LogP contribution is -2.48. The van der Waals surface area contributed by atoms with E-state index in [0.29, 0.717) is 26.3 Å². The van der Waals surface area contributed by atoms with Crippen LogP contribution in [0, 0.1) is 11.6 Å². The van der Waals surface area contributed by atoms with Crippen LogP contribution < -0.4 is 0 Å². The van der Waals surface area contributed by atoms with Crippen LogP contribution in [0.15, 0.2) is 36.7 Å². The van der Waals surface area contributed by atoms with Crippen molar-refractivity contribution in [2.45, 2.75) is 12.1 Å². The first-order chi connectivity index (χ1) is 11.1. The second kappa shape index (κ2) is 6.74. The van der Waals surface area contributed by atoms with Gasteiger partial charge in [0, 0.05) is 43.7 Å². The Labute approximate surface area is 133 Å². The maximum absolute atomic E-state index is 14.3. The Hall–Kier alpha value is -1.83. The molecule has 0 amide bonds. The van der Waals surface area contributed by atoms with Gasteiger partial charge in [0.2, 0.25) is 0 Å². The normalized spacial score (nSPS) is 18.7. The molecule has 1 aromatic carbocycles. The van der Waals surface area contributed by atoms with E-state index in [1.165, 1.54) is 6.07 Å². The summed E-state index contributed by atoms with van der Waals surface area (Å²) in [5.74, 6) is -1.42. The molecule has 0 radical (unpaired) electrons. The molecule has 2 aromatic rings. The lowest BCUT2D eigenvalue weighted by atomic mass is 9.92. The fourth-order valence-electron chi connectivity index (χ4n) is 2.88.